The van der Waals surface area contributed by atoms with Crippen molar-refractivity contribution in [3.8, 4) is 23.0 Å². The van der Waals surface area contributed by atoms with Gasteiger partial charge in [0.25, 0.3) is 0 Å². The van der Waals surface area contributed by atoms with Crippen LogP contribution in [0, 0.1) is 5.82 Å². The Morgan fingerprint density at radius 3 is 2.21 bits per heavy atom. The van der Waals surface area contributed by atoms with Crippen LogP contribution in [0.2, 0.25) is 0 Å². The SMILES string of the molecule is CCOc1c(OC)cc(CNC(=O)NC2CCN(Cc3ccc(OC)c(F)c3)CC2)cc1OC. The Balaban J connectivity index is 1.46. The summed E-state index contributed by atoms with van der Waals surface area (Å²) < 4.78 is 35.3. The van der Waals surface area contributed by atoms with Crippen LogP contribution < -0.4 is 29.6 Å². The molecule has 0 saturated carbocycles. The zero-order valence-corrected chi connectivity index (χ0v) is 20.3. The molecule has 1 aliphatic rings. The van der Waals surface area contributed by atoms with Crippen LogP contribution in [0.1, 0.15) is 30.9 Å². The molecule has 2 amide bonds. The number of nitrogens with one attached hydrogen (secondary N) is 2. The number of likely N-dealkylation sites (tertiary alicyclic amines) is 1. The van der Waals surface area contributed by atoms with Gasteiger partial charge in [-0.25, -0.2) is 9.18 Å². The molecule has 34 heavy (non-hydrogen) atoms. The molecule has 8 nitrogen and oxygen atoms in total. The number of carbonyl (C=O) groups excluding carboxylic acids is 1. The molecule has 0 aliphatic carbocycles. The maximum atomic E-state index is 13.9. The smallest absolute Gasteiger partial charge is 0.315 e. The molecular weight excluding hydrogens is 441 g/mol. The summed E-state index contributed by atoms with van der Waals surface area (Å²) in [7, 11) is 4.59. The topological polar surface area (TPSA) is 81.3 Å². The van der Waals surface area contributed by atoms with Crippen molar-refractivity contribution in [3.05, 3.63) is 47.3 Å². The van der Waals surface area contributed by atoms with E-state index in [1.54, 1.807) is 20.3 Å². The molecule has 1 saturated heterocycles. The maximum Gasteiger partial charge on any atom is 0.315 e. The molecule has 1 aliphatic heterocycles. The molecule has 2 aromatic carbocycles. The van der Waals surface area contributed by atoms with Crippen molar-refractivity contribution in [1.29, 1.82) is 0 Å². The molecule has 1 heterocycles. The minimum Gasteiger partial charge on any atom is -0.494 e. The molecule has 186 valence electrons. The third-order valence-electron chi connectivity index (χ3n) is 5.81. The molecule has 2 N–H and O–H groups in total. The second-order valence-corrected chi connectivity index (χ2v) is 8.11. The van der Waals surface area contributed by atoms with Crippen LogP contribution in [-0.2, 0) is 13.1 Å². The average Bonchev–Trinajstić information content (AvgIpc) is 2.84. The molecule has 9 heteroatoms. The normalized spacial score (nSPS) is 14.4. The summed E-state index contributed by atoms with van der Waals surface area (Å²) in [5.74, 6) is 1.56. The van der Waals surface area contributed by atoms with Crippen molar-refractivity contribution in [1.82, 2.24) is 15.5 Å². The molecule has 0 spiro atoms. The Hall–Kier alpha value is -3.20. The van der Waals surface area contributed by atoms with Gasteiger partial charge >= 0.3 is 6.03 Å². The van der Waals surface area contributed by atoms with E-state index in [0.29, 0.717) is 36.9 Å². The maximum absolute atomic E-state index is 13.9. The lowest BCUT2D eigenvalue weighted by molar-refractivity contribution is 0.186. The highest BCUT2D eigenvalue weighted by Gasteiger charge is 2.21. The number of hydrogen-bond acceptors (Lipinski definition) is 6. The Kier molecular flexibility index (Phi) is 9.21. The summed E-state index contributed by atoms with van der Waals surface area (Å²) in [5.41, 5.74) is 1.75. The highest BCUT2D eigenvalue weighted by molar-refractivity contribution is 5.74. The second kappa shape index (κ2) is 12.3. The van der Waals surface area contributed by atoms with Crippen molar-refractivity contribution >= 4 is 6.03 Å². The average molecular weight is 476 g/mol. The van der Waals surface area contributed by atoms with E-state index in [4.69, 9.17) is 18.9 Å². The number of rotatable bonds is 10. The largest absolute Gasteiger partial charge is 0.494 e. The van der Waals surface area contributed by atoms with Crippen LogP contribution >= 0.6 is 0 Å². The number of methoxy groups -OCH3 is 3. The van der Waals surface area contributed by atoms with Crippen molar-refractivity contribution in [2.24, 2.45) is 0 Å². The van der Waals surface area contributed by atoms with E-state index in [-0.39, 0.29) is 23.6 Å². The van der Waals surface area contributed by atoms with Gasteiger partial charge in [0.1, 0.15) is 0 Å². The third kappa shape index (κ3) is 6.66. The van der Waals surface area contributed by atoms with Crippen molar-refractivity contribution in [2.75, 3.05) is 41.0 Å². The first-order chi connectivity index (χ1) is 16.5. The molecule has 0 radical (unpaired) electrons. The van der Waals surface area contributed by atoms with Gasteiger partial charge in [0.2, 0.25) is 5.75 Å². The summed E-state index contributed by atoms with van der Waals surface area (Å²) in [6.45, 7) is 5.02. The Labute approximate surface area is 200 Å². The zero-order valence-electron chi connectivity index (χ0n) is 20.3. The number of halogens is 1. The molecule has 3 rings (SSSR count). The minimum atomic E-state index is -0.351. The minimum absolute atomic E-state index is 0.0910. The fourth-order valence-electron chi connectivity index (χ4n) is 4.04. The Bertz CT molecular complexity index is 939. The first-order valence-corrected chi connectivity index (χ1v) is 11.4. The molecule has 0 bridgehead atoms. The van der Waals surface area contributed by atoms with Crippen LogP contribution in [0.15, 0.2) is 30.3 Å². The predicted octanol–water partition coefficient (Wildman–Crippen LogP) is 3.71. The fraction of sp³-hybridized carbons (Fsp3) is 0.480. The van der Waals surface area contributed by atoms with Crippen LogP contribution in [0.3, 0.4) is 0 Å². The lowest BCUT2D eigenvalue weighted by Gasteiger charge is -2.32. The zero-order chi connectivity index (χ0) is 24.5. The Morgan fingerprint density at radius 1 is 1.00 bits per heavy atom. The number of ether oxygens (including phenoxy) is 4. The second-order valence-electron chi connectivity index (χ2n) is 8.11. The van der Waals surface area contributed by atoms with Gasteiger partial charge in [-0.3, -0.25) is 4.90 Å². The van der Waals surface area contributed by atoms with Gasteiger partial charge in [-0.1, -0.05) is 6.07 Å². The summed E-state index contributed by atoms with van der Waals surface area (Å²) in [6.07, 6.45) is 1.66. The molecular formula is C25H34FN3O5. The number of nitrogens with zero attached hydrogens (tertiary/aromatic N) is 1. The summed E-state index contributed by atoms with van der Waals surface area (Å²) in [4.78, 5) is 14.7. The highest BCUT2D eigenvalue weighted by Crippen LogP contribution is 2.38. The standard InChI is InChI=1S/C25H34FN3O5/c1-5-34-24-22(32-3)13-18(14-23(24)33-4)15-27-25(30)28-19-8-10-29(11-9-19)16-17-6-7-21(31-2)20(26)12-17/h6-7,12-14,19H,5,8-11,15-16H2,1-4H3,(H2,27,28,30). The summed E-state index contributed by atoms with van der Waals surface area (Å²) >= 11 is 0. The van der Waals surface area contributed by atoms with Crippen LogP contribution in [0.5, 0.6) is 23.0 Å². The monoisotopic (exact) mass is 475 g/mol. The van der Waals surface area contributed by atoms with Crippen LogP contribution in [-0.4, -0.2) is 58.0 Å². The first kappa shape index (κ1) is 25.4. The van der Waals surface area contributed by atoms with Gasteiger partial charge in [-0.2, -0.15) is 0 Å². The fourth-order valence-corrected chi connectivity index (χ4v) is 4.04. The number of benzene rings is 2. The lowest BCUT2D eigenvalue weighted by atomic mass is 10.0. The number of carbonyl (C=O) groups is 1. The van der Waals surface area contributed by atoms with Gasteiger partial charge in [0.05, 0.1) is 27.9 Å². The predicted molar refractivity (Wildman–Crippen MR) is 127 cm³/mol. The summed E-state index contributed by atoms with van der Waals surface area (Å²) in [6, 6.07) is 8.57. The molecule has 2 aromatic rings. The van der Waals surface area contributed by atoms with Crippen LogP contribution in [0.25, 0.3) is 0 Å². The van der Waals surface area contributed by atoms with Crippen LogP contribution in [0.4, 0.5) is 9.18 Å². The number of hydrogen-bond donors (Lipinski definition) is 2. The first-order valence-electron chi connectivity index (χ1n) is 11.4. The van der Waals surface area contributed by atoms with E-state index in [1.807, 2.05) is 25.1 Å². The summed E-state index contributed by atoms with van der Waals surface area (Å²) in [5, 5.41) is 5.95. The van der Waals surface area contributed by atoms with E-state index >= 15 is 0 Å². The van der Waals surface area contributed by atoms with Crippen molar-refractivity contribution in [3.63, 3.8) is 0 Å². The van der Waals surface area contributed by atoms with Gasteiger partial charge in [0.15, 0.2) is 23.1 Å². The van der Waals surface area contributed by atoms with E-state index in [2.05, 4.69) is 15.5 Å². The third-order valence-corrected chi connectivity index (χ3v) is 5.81. The molecule has 0 aromatic heterocycles. The molecule has 0 unspecified atom stereocenters. The number of urea groups is 1. The molecule has 1 fully saturated rings. The van der Waals surface area contributed by atoms with Gasteiger partial charge < -0.3 is 29.6 Å². The molecule has 0 atom stereocenters. The quantitative estimate of drug-likeness (QED) is 0.545. The van der Waals surface area contributed by atoms with E-state index in [0.717, 1.165) is 37.1 Å². The van der Waals surface area contributed by atoms with E-state index < -0.39 is 0 Å². The van der Waals surface area contributed by atoms with Gasteiger partial charge in [0, 0.05) is 32.2 Å². The van der Waals surface area contributed by atoms with E-state index in [9.17, 15) is 9.18 Å². The number of piperidine rings is 1. The number of amides is 2. The lowest BCUT2D eigenvalue weighted by Crippen LogP contribution is -2.47. The van der Waals surface area contributed by atoms with E-state index in [1.165, 1.54) is 13.2 Å². The van der Waals surface area contributed by atoms with Gasteiger partial charge in [-0.05, 0) is 55.2 Å². The van der Waals surface area contributed by atoms with Gasteiger partial charge in [-0.15, -0.1) is 0 Å². The van der Waals surface area contributed by atoms with Crippen molar-refractivity contribution < 1.29 is 28.1 Å². The highest BCUT2D eigenvalue weighted by atomic mass is 19.1. The van der Waals surface area contributed by atoms with Crippen molar-refractivity contribution in [2.45, 2.75) is 38.9 Å². The Morgan fingerprint density at radius 2 is 1.65 bits per heavy atom.